The Morgan fingerprint density at radius 2 is 1.93 bits per heavy atom. The van der Waals surface area contributed by atoms with Crippen LogP contribution < -0.4 is 10.3 Å². The van der Waals surface area contributed by atoms with Crippen LogP contribution in [0.15, 0.2) is 53.6 Å². The highest BCUT2D eigenvalue weighted by atomic mass is 16.5. The summed E-state index contributed by atoms with van der Waals surface area (Å²) >= 11 is 0. The number of fused-ring (bicyclic) bond motifs is 1. The first-order valence-corrected chi connectivity index (χ1v) is 8.82. The van der Waals surface area contributed by atoms with Gasteiger partial charge in [-0.3, -0.25) is 4.79 Å². The molecular formula is C19H20N6O2. The Kier molecular flexibility index (Phi) is 5.06. The molecule has 0 spiro atoms. The molecule has 0 unspecified atom stereocenters. The molecule has 8 nitrogen and oxygen atoms in total. The molecule has 1 aliphatic heterocycles. The van der Waals surface area contributed by atoms with Gasteiger partial charge in [0.15, 0.2) is 0 Å². The lowest BCUT2D eigenvalue weighted by atomic mass is 10.2. The van der Waals surface area contributed by atoms with Crippen LogP contribution in [-0.2, 0) is 16.1 Å². The fourth-order valence-corrected chi connectivity index (χ4v) is 2.98. The second-order valence-electron chi connectivity index (χ2n) is 6.22. The SMILES string of the molecule is O=C(Cn1nnc2ccccc21)N/N=C\c1ccc(N2CCOCC2)cc1. The number of aromatic nitrogens is 3. The zero-order chi connectivity index (χ0) is 18.5. The van der Waals surface area contributed by atoms with Gasteiger partial charge in [-0.25, -0.2) is 10.1 Å². The molecule has 138 valence electrons. The van der Waals surface area contributed by atoms with Gasteiger partial charge in [0.25, 0.3) is 5.91 Å². The quantitative estimate of drug-likeness (QED) is 0.547. The zero-order valence-electron chi connectivity index (χ0n) is 14.8. The van der Waals surface area contributed by atoms with Crippen molar-refractivity contribution in [2.24, 2.45) is 5.10 Å². The van der Waals surface area contributed by atoms with E-state index in [9.17, 15) is 4.79 Å². The van der Waals surface area contributed by atoms with Crippen molar-refractivity contribution in [2.45, 2.75) is 6.54 Å². The van der Waals surface area contributed by atoms with Crippen LogP contribution in [0.3, 0.4) is 0 Å². The van der Waals surface area contributed by atoms with Gasteiger partial charge in [-0.05, 0) is 29.8 Å². The number of hydrogen-bond acceptors (Lipinski definition) is 6. The van der Waals surface area contributed by atoms with E-state index in [-0.39, 0.29) is 12.5 Å². The summed E-state index contributed by atoms with van der Waals surface area (Å²) in [5.41, 5.74) is 6.18. The van der Waals surface area contributed by atoms with E-state index in [0.29, 0.717) is 0 Å². The Balaban J connectivity index is 1.32. The van der Waals surface area contributed by atoms with Crippen molar-refractivity contribution in [2.75, 3.05) is 31.2 Å². The molecule has 1 fully saturated rings. The summed E-state index contributed by atoms with van der Waals surface area (Å²) in [5.74, 6) is -0.258. The molecule has 1 N–H and O–H groups in total. The maximum Gasteiger partial charge on any atom is 0.261 e. The topological polar surface area (TPSA) is 84.6 Å². The van der Waals surface area contributed by atoms with Crippen LogP contribution in [0.5, 0.6) is 0 Å². The van der Waals surface area contributed by atoms with Crippen molar-refractivity contribution in [3.8, 4) is 0 Å². The molecule has 4 rings (SSSR count). The number of anilines is 1. The van der Waals surface area contributed by atoms with Gasteiger partial charge in [-0.2, -0.15) is 5.10 Å². The van der Waals surface area contributed by atoms with Gasteiger partial charge in [0.2, 0.25) is 0 Å². The molecule has 0 saturated carbocycles. The number of hydrogen-bond donors (Lipinski definition) is 1. The largest absolute Gasteiger partial charge is 0.378 e. The molecule has 0 bridgehead atoms. The molecule has 2 heterocycles. The van der Waals surface area contributed by atoms with Crippen molar-refractivity contribution in [1.29, 1.82) is 0 Å². The predicted molar refractivity (Wildman–Crippen MR) is 103 cm³/mol. The molecule has 8 heteroatoms. The molecule has 1 saturated heterocycles. The van der Waals surface area contributed by atoms with Gasteiger partial charge < -0.3 is 9.64 Å². The number of morpholine rings is 1. The lowest BCUT2D eigenvalue weighted by Crippen LogP contribution is -2.36. The Morgan fingerprint density at radius 3 is 2.74 bits per heavy atom. The van der Waals surface area contributed by atoms with Crippen molar-refractivity contribution >= 4 is 28.8 Å². The molecule has 2 aromatic carbocycles. The van der Waals surface area contributed by atoms with Crippen LogP contribution in [0.2, 0.25) is 0 Å². The third-order valence-corrected chi connectivity index (χ3v) is 4.39. The summed E-state index contributed by atoms with van der Waals surface area (Å²) in [6, 6.07) is 15.6. The maximum atomic E-state index is 12.1. The van der Waals surface area contributed by atoms with E-state index >= 15 is 0 Å². The average molecular weight is 364 g/mol. The van der Waals surface area contributed by atoms with Crippen molar-refractivity contribution < 1.29 is 9.53 Å². The molecule has 1 aliphatic rings. The maximum absolute atomic E-state index is 12.1. The number of ether oxygens (including phenoxy) is 1. The van der Waals surface area contributed by atoms with E-state index in [1.54, 1.807) is 10.9 Å². The van der Waals surface area contributed by atoms with Gasteiger partial charge in [-0.1, -0.05) is 29.5 Å². The molecule has 0 atom stereocenters. The monoisotopic (exact) mass is 364 g/mol. The first-order chi connectivity index (χ1) is 13.3. The molecule has 1 aromatic heterocycles. The normalized spacial score (nSPS) is 14.7. The van der Waals surface area contributed by atoms with Crippen molar-refractivity contribution in [3.05, 3.63) is 54.1 Å². The molecule has 27 heavy (non-hydrogen) atoms. The minimum absolute atomic E-state index is 0.0633. The lowest BCUT2D eigenvalue weighted by molar-refractivity contribution is -0.121. The summed E-state index contributed by atoms with van der Waals surface area (Å²) in [5, 5.41) is 12.0. The van der Waals surface area contributed by atoms with E-state index in [1.807, 2.05) is 36.4 Å². The van der Waals surface area contributed by atoms with E-state index in [1.165, 1.54) is 0 Å². The summed E-state index contributed by atoms with van der Waals surface area (Å²) in [6.07, 6.45) is 1.63. The first-order valence-electron chi connectivity index (χ1n) is 8.82. The highest BCUT2D eigenvalue weighted by Gasteiger charge is 2.10. The van der Waals surface area contributed by atoms with Crippen molar-refractivity contribution in [1.82, 2.24) is 20.4 Å². The summed E-state index contributed by atoms with van der Waals surface area (Å²) < 4.78 is 6.92. The number of benzene rings is 2. The Labute approximate surface area is 156 Å². The third kappa shape index (κ3) is 4.12. The number of carbonyl (C=O) groups is 1. The number of nitrogens with zero attached hydrogens (tertiary/aromatic N) is 5. The van der Waals surface area contributed by atoms with Crippen LogP contribution in [0, 0.1) is 0 Å². The fourth-order valence-electron chi connectivity index (χ4n) is 2.98. The lowest BCUT2D eigenvalue weighted by Gasteiger charge is -2.28. The van der Waals surface area contributed by atoms with Crippen LogP contribution in [-0.4, -0.2) is 53.4 Å². The minimum atomic E-state index is -0.258. The smallest absolute Gasteiger partial charge is 0.261 e. The Hall–Kier alpha value is -3.26. The number of para-hydroxylation sites is 1. The average Bonchev–Trinajstić information content (AvgIpc) is 3.12. The zero-order valence-corrected chi connectivity index (χ0v) is 14.8. The molecular weight excluding hydrogens is 344 g/mol. The van der Waals surface area contributed by atoms with Gasteiger partial charge in [0, 0.05) is 18.8 Å². The second kappa shape index (κ2) is 7.96. The molecule has 0 radical (unpaired) electrons. The van der Waals surface area contributed by atoms with Crippen LogP contribution >= 0.6 is 0 Å². The van der Waals surface area contributed by atoms with Crippen LogP contribution in [0.25, 0.3) is 11.0 Å². The standard InChI is InChI=1S/C19H20N6O2/c26-19(14-25-18-4-2-1-3-17(18)21-23-25)22-20-13-15-5-7-16(8-6-15)24-9-11-27-12-10-24/h1-8,13H,9-12,14H2,(H,22,26)/b20-13-. The molecule has 0 aliphatic carbocycles. The third-order valence-electron chi connectivity index (χ3n) is 4.39. The second-order valence-corrected chi connectivity index (χ2v) is 6.22. The number of rotatable bonds is 5. The van der Waals surface area contributed by atoms with Gasteiger partial charge >= 0.3 is 0 Å². The number of hydrazone groups is 1. The Bertz CT molecular complexity index is 944. The molecule has 3 aromatic rings. The highest BCUT2D eigenvalue weighted by molar-refractivity contribution is 5.83. The van der Waals surface area contributed by atoms with Crippen LogP contribution in [0.1, 0.15) is 5.56 Å². The van der Waals surface area contributed by atoms with E-state index < -0.39 is 0 Å². The number of nitrogens with one attached hydrogen (secondary N) is 1. The number of carbonyl (C=O) groups excluding carboxylic acids is 1. The minimum Gasteiger partial charge on any atom is -0.378 e. The predicted octanol–water partition coefficient (Wildman–Crippen LogP) is 1.42. The fraction of sp³-hybridized carbons (Fsp3) is 0.263. The van der Waals surface area contributed by atoms with Crippen molar-refractivity contribution in [3.63, 3.8) is 0 Å². The van der Waals surface area contributed by atoms with Crippen LogP contribution in [0.4, 0.5) is 5.69 Å². The van der Waals surface area contributed by atoms with E-state index in [0.717, 1.165) is 48.6 Å². The molecule has 1 amide bonds. The highest BCUT2D eigenvalue weighted by Crippen LogP contribution is 2.16. The summed E-state index contributed by atoms with van der Waals surface area (Å²) in [6.45, 7) is 3.39. The first kappa shape index (κ1) is 17.2. The van der Waals surface area contributed by atoms with Gasteiger partial charge in [0.1, 0.15) is 12.1 Å². The summed E-state index contributed by atoms with van der Waals surface area (Å²) in [7, 11) is 0. The van der Waals surface area contributed by atoms with E-state index in [2.05, 4.69) is 37.9 Å². The van der Waals surface area contributed by atoms with Gasteiger partial charge in [-0.15, -0.1) is 5.10 Å². The summed E-state index contributed by atoms with van der Waals surface area (Å²) in [4.78, 5) is 14.4. The van der Waals surface area contributed by atoms with E-state index in [4.69, 9.17) is 4.74 Å². The van der Waals surface area contributed by atoms with Gasteiger partial charge in [0.05, 0.1) is 24.9 Å². The Morgan fingerprint density at radius 1 is 1.15 bits per heavy atom. The number of amides is 1.